The van der Waals surface area contributed by atoms with E-state index in [1.165, 1.54) is 29.4 Å². The maximum Gasteiger partial charge on any atom is 0.109 e. The summed E-state index contributed by atoms with van der Waals surface area (Å²) in [5.41, 5.74) is 1.29. The van der Waals surface area contributed by atoms with E-state index >= 15 is 0 Å². The number of nitrogens with zero attached hydrogens (tertiary/aromatic N) is 2. The summed E-state index contributed by atoms with van der Waals surface area (Å²) < 4.78 is 2.30. The Morgan fingerprint density at radius 3 is 3.19 bits per heavy atom. The van der Waals surface area contributed by atoms with Crippen molar-refractivity contribution in [1.29, 1.82) is 0 Å². The van der Waals surface area contributed by atoms with Crippen LogP contribution in [0.2, 0.25) is 0 Å². The predicted molar refractivity (Wildman–Crippen MR) is 65.8 cm³/mol. The molecule has 1 saturated heterocycles. The first-order valence-electron chi connectivity index (χ1n) is 6.11. The lowest BCUT2D eigenvalue weighted by molar-refractivity contribution is 0.199. The Hall–Kier alpha value is -0.480. The summed E-state index contributed by atoms with van der Waals surface area (Å²) in [6.45, 7) is 1.34. The number of aromatic nitrogens is 2. The molecule has 3 nitrogen and oxygen atoms in total. The van der Waals surface area contributed by atoms with E-state index in [9.17, 15) is 5.11 Å². The van der Waals surface area contributed by atoms with Gasteiger partial charge in [-0.05, 0) is 24.5 Å². The monoisotopic (exact) mass is 238 g/mol. The molecule has 2 aliphatic rings. The summed E-state index contributed by atoms with van der Waals surface area (Å²) in [5, 5.41) is 9.19. The molecule has 2 aliphatic heterocycles. The Kier molecular flexibility index (Phi) is 2.94. The molecule has 3 rings (SSSR count). The summed E-state index contributed by atoms with van der Waals surface area (Å²) in [6.07, 6.45) is 5.58. The van der Waals surface area contributed by atoms with Gasteiger partial charge in [0.25, 0.3) is 0 Å². The van der Waals surface area contributed by atoms with Crippen molar-refractivity contribution in [2.24, 2.45) is 5.92 Å². The highest BCUT2D eigenvalue weighted by molar-refractivity contribution is 7.99. The molecule has 16 heavy (non-hydrogen) atoms. The Balaban J connectivity index is 1.80. The number of imidazole rings is 1. The number of aryl methyl sites for hydroxylation is 1. The van der Waals surface area contributed by atoms with Crippen LogP contribution in [0.3, 0.4) is 0 Å². The summed E-state index contributed by atoms with van der Waals surface area (Å²) in [4.78, 5) is 4.77. The number of aliphatic hydroxyl groups excluding tert-OH is 1. The van der Waals surface area contributed by atoms with Crippen molar-refractivity contribution < 1.29 is 5.11 Å². The Morgan fingerprint density at radius 2 is 2.44 bits per heavy atom. The Labute approximate surface area is 100 Å². The molecule has 1 fully saturated rings. The minimum Gasteiger partial charge on any atom is -0.396 e. The molecule has 0 radical (unpaired) electrons. The fourth-order valence-electron chi connectivity index (χ4n) is 2.64. The van der Waals surface area contributed by atoms with Crippen molar-refractivity contribution >= 4 is 11.8 Å². The highest BCUT2D eigenvalue weighted by Crippen LogP contribution is 2.32. The number of hydrogen-bond acceptors (Lipinski definition) is 3. The topological polar surface area (TPSA) is 38.0 Å². The fourth-order valence-corrected chi connectivity index (χ4v) is 3.87. The SMILES string of the molecule is OCC1CCn2cc(C3CCSC3)nc2C1. The van der Waals surface area contributed by atoms with Crippen molar-refractivity contribution in [2.75, 3.05) is 18.1 Å². The van der Waals surface area contributed by atoms with E-state index in [-0.39, 0.29) is 0 Å². The molecule has 2 atom stereocenters. The molecule has 1 N–H and O–H groups in total. The van der Waals surface area contributed by atoms with Gasteiger partial charge in [0.1, 0.15) is 5.82 Å². The molecule has 0 bridgehead atoms. The van der Waals surface area contributed by atoms with Crippen molar-refractivity contribution in [3.8, 4) is 0 Å². The maximum atomic E-state index is 9.19. The number of aliphatic hydroxyl groups is 1. The first-order valence-corrected chi connectivity index (χ1v) is 7.27. The molecule has 2 unspecified atom stereocenters. The predicted octanol–water partition coefficient (Wildman–Crippen LogP) is 1.66. The molecule has 0 saturated carbocycles. The van der Waals surface area contributed by atoms with Crippen molar-refractivity contribution in [3.63, 3.8) is 0 Å². The number of thioether (sulfide) groups is 1. The molecule has 88 valence electrons. The molecule has 4 heteroatoms. The van der Waals surface area contributed by atoms with Gasteiger partial charge in [-0.1, -0.05) is 0 Å². The van der Waals surface area contributed by atoms with E-state index in [0.29, 0.717) is 18.4 Å². The first-order chi connectivity index (χ1) is 7.86. The standard InChI is InChI=1S/C12H18N2OS/c15-7-9-1-3-14-6-11(13-12(14)5-9)10-2-4-16-8-10/h6,9-10,15H,1-5,7-8H2. The van der Waals surface area contributed by atoms with Gasteiger partial charge in [-0.25, -0.2) is 4.98 Å². The second-order valence-electron chi connectivity index (χ2n) is 4.88. The minimum absolute atomic E-state index is 0.307. The van der Waals surface area contributed by atoms with Crippen LogP contribution in [0.4, 0.5) is 0 Å². The average molecular weight is 238 g/mol. The third-order valence-electron chi connectivity index (χ3n) is 3.73. The van der Waals surface area contributed by atoms with E-state index in [1.807, 2.05) is 11.8 Å². The Morgan fingerprint density at radius 1 is 1.50 bits per heavy atom. The quantitative estimate of drug-likeness (QED) is 0.851. The van der Waals surface area contributed by atoms with Gasteiger partial charge in [-0.2, -0.15) is 11.8 Å². The van der Waals surface area contributed by atoms with Gasteiger partial charge in [0.05, 0.1) is 5.69 Å². The van der Waals surface area contributed by atoms with Gasteiger partial charge >= 0.3 is 0 Å². The number of hydrogen-bond donors (Lipinski definition) is 1. The van der Waals surface area contributed by atoms with Crippen LogP contribution < -0.4 is 0 Å². The second-order valence-corrected chi connectivity index (χ2v) is 6.03. The summed E-state index contributed by atoms with van der Waals surface area (Å²) >= 11 is 2.04. The van der Waals surface area contributed by atoms with Crippen LogP contribution in [-0.4, -0.2) is 32.8 Å². The van der Waals surface area contributed by atoms with E-state index in [0.717, 1.165) is 19.4 Å². The molecule has 0 aromatic carbocycles. The molecule has 3 heterocycles. The van der Waals surface area contributed by atoms with Gasteiger partial charge < -0.3 is 9.67 Å². The van der Waals surface area contributed by atoms with Crippen LogP contribution in [0.5, 0.6) is 0 Å². The molecular weight excluding hydrogens is 220 g/mol. The number of rotatable bonds is 2. The van der Waals surface area contributed by atoms with Crippen molar-refractivity contribution in [1.82, 2.24) is 9.55 Å². The lowest BCUT2D eigenvalue weighted by Crippen LogP contribution is -2.21. The molecule has 1 aromatic heterocycles. The summed E-state index contributed by atoms with van der Waals surface area (Å²) in [5.74, 6) is 4.82. The molecule has 0 spiro atoms. The van der Waals surface area contributed by atoms with Crippen LogP contribution in [0.1, 0.15) is 30.3 Å². The third-order valence-corrected chi connectivity index (χ3v) is 4.90. The first kappa shape index (κ1) is 10.7. The maximum absolute atomic E-state index is 9.19. The average Bonchev–Trinajstić information content (AvgIpc) is 2.96. The van der Waals surface area contributed by atoms with Crippen LogP contribution in [0.25, 0.3) is 0 Å². The van der Waals surface area contributed by atoms with Crippen molar-refractivity contribution in [3.05, 3.63) is 17.7 Å². The molecule has 0 amide bonds. The van der Waals surface area contributed by atoms with Gasteiger partial charge in [-0.3, -0.25) is 0 Å². The normalized spacial score (nSPS) is 29.3. The van der Waals surface area contributed by atoms with Gasteiger partial charge in [-0.15, -0.1) is 0 Å². The van der Waals surface area contributed by atoms with E-state index in [4.69, 9.17) is 4.98 Å². The second kappa shape index (κ2) is 4.41. The molecule has 0 aliphatic carbocycles. The third kappa shape index (κ3) is 1.89. The van der Waals surface area contributed by atoms with Gasteiger partial charge in [0.15, 0.2) is 0 Å². The highest BCUT2D eigenvalue weighted by Gasteiger charge is 2.24. The summed E-state index contributed by atoms with van der Waals surface area (Å²) in [6, 6.07) is 0. The molecule has 1 aromatic rings. The smallest absolute Gasteiger partial charge is 0.109 e. The van der Waals surface area contributed by atoms with E-state index in [1.54, 1.807) is 0 Å². The highest BCUT2D eigenvalue weighted by atomic mass is 32.2. The minimum atomic E-state index is 0.307. The summed E-state index contributed by atoms with van der Waals surface area (Å²) in [7, 11) is 0. The lowest BCUT2D eigenvalue weighted by Gasteiger charge is -2.20. The van der Waals surface area contributed by atoms with Crippen LogP contribution in [0.15, 0.2) is 6.20 Å². The fraction of sp³-hybridized carbons (Fsp3) is 0.750. The zero-order valence-corrected chi connectivity index (χ0v) is 10.2. The largest absolute Gasteiger partial charge is 0.396 e. The van der Waals surface area contributed by atoms with Crippen LogP contribution in [-0.2, 0) is 13.0 Å². The van der Waals surface area contributed by atoms with Crippen molar-refractivity contribution in [2.45, 2.75) is 31.7 Å². The van der Waals surface area contributed by atoms with Crippen LogP contribution >= 0.6 is 11.8 Å². The zero-order valence-electron chi connectivity index (χ0n) is 9.43. The van der Waals surface area contributed by atoms with Crippen LogP contribution in [0, 0.1) is 5.92 Å². The van der Waals surface area contributed by atoms with E-state index < -0.39 is 0 Å². The zero-order chi connectivity index (χ0) is 11.0. The Bertz CT molecular complexity index is 371. The lowest BCUT2D eigenvalue weighted by atomic mass is 9.99. The number of fused-ring (bicyclic) bond motifs is 1. The van der Waals surface area contributed by atoms with Gasteiger partial charge in [0.2, 0.25) is 0 Å². The van der Waals surface area contributed by atoms with E-state index in [2.05, 4.69) is 10.8 Å². The van der Waals surface area contributed by atoms with Gasteiger partial charge in [0, 0.05) is 37.4 Å². The molecular formula is C12H18N2OS.